The van der Waals surface area contributed by atoms with Crippen LogP contribution >= 0.6 is 0 Å². The van der Waals surface area contributed by atoms with E-state index in [-0.39, 0.29) is 5.75 Å². The molecule has 0 aliphatic carbocycles. The van der Waals surface area contributed by atoms with Crippen molar-refractivity contribution in [2.24, 2.45) is 0 Å². The standard InChI is InChI=1S/C25H24O4/c1-4-11-21-16-17(2)22(28-24(26)19-12-7-5-8-13-19)23(18(21)3)29-25(27)20-14-9-6-10-15-20/h5-10,12-16H,4,11H2,1-3H3. The van der Waals surface area contributed by atoms with Gasteiger partial charge in [-0.15, -0.1) is 0 Å². The van der Waals surface area contributed by atoms with Gasteiger partial charge in [0.05, 0.1) is 11.1 Å². The van der Waals surface area contributed by atoms with E-state index in [9.17, 15) is 9.59 Å². The molecule has 0 saturated carbocycles. The van der Waals surface area contributed by atoms with Gasteiger partial charge in [-0.25, -0.2) is 9.59 Å². The van der Waals surface area contributed by atoms with Crippen LogP contribution in [0.15, 0.2) is 66.7 Å². The second-order valence-corrected chi connectivity index (χ2v) is 6.90. The number of ether oxygens (including phenoxy) is 2. The van der Waals surface area contributed by atoms with Gasteiger partial charge in [-0.2, -0.15) is 0 Å². The molecule has 0 spiro atoms. The van der Waals surface area contributed by atoms with Crippen molar-refractivity contribution in [2.75, 3.05) is 0 Å². The van der Waals surface area contributed by atoms with Gasteiger partial charge in [-0.3, -0.25) is 0 Å². The van der Waals surface area contributed by atoms with Crippen LogP contribution in [0.3, 0.4) is 0 Å². The van der Waals surface area contributed by atoms with E-state index in [1.807, 2.05) is 32.0 Å². The fraction of sp³-hybridized carbons (Fsp3) is 0.200. The molecule has 3 aromatic carbocycles. The Hall–Kier alpha value is -3.40. The van der Waals surface area contributed by atoms with Crippen molar-refractivity contribution in [1.29, 1.82) is 0 Å². The van der Waals surface area contributed by atoms with Crippen molar-refractivity contribution >= 4 is 11.9 Å². The van der Waals surface area contributed by atoms with Gasteiger partial charge < -0.3 is 9.47 Å². The molecule has 0 bridgehead atoms. The predicted molar refractivity (Wildman–Crippen MR) is 113 cm³/mol. The highest BCUT2D eigenvalue weighted by Crippen LogP contribution is 2.38. The van der Waals surface area contributed by atoms with Crippen molar-refractivity contribution in [1.82, 2.24) is 0 Å². The van der Waals surface area contributed by atoms with Gasteiger partial charge in [0.15, 0.2) is 11.5 Å². The Morgan fingerprint density at radius 1 is 0.759 bits per heavy atom. The first kappa shape index (κ1) is 20.3. The molecule has 148 valence electrons. The first-order chi connectivity index (χ1) is 14.0. The third-order valence-corrected chi connectivity index (χ3v) is 4.71. The normalized spacial score (nSPS) is 10.4. The maximum absolute atomic E-state index is 12.7. The molecule has 0 saturated heterocycles. The van der Waals surface area contributed by atoms with Crippen molar-refractivity contribution in [3.8, 4) is 11.5 Å². The number of aryl methyl sites for hydroxylation is 2. The Labute approximate surface area is 171 Å². The summed E-state index contributed by atoms with van der Waals surface area (Å²) >= 11 is 0. The number of carbonyl (C=O) groups is 2. The number of hydrogen-bond acceptors (Lipinski definition) is 4. The quantitative estimate of drug-likeness (QED) is 0.402. The highest BCUT2D eigenvalue weighted by molar-refractivity contribution is 5.93. The third-order valence-electron chi connectivity index (χ3n) is 4.71. The maximum atomic E-state index is 12.7. The minimum atomic E-state index is -0.492. The van der Waals surface area contributed by atoms with Crippen molar-refractivity contribution < 1.29 is 19.1 Å². The molecule has 0 aliphatic rings. The molecule has 0 amide bonds. The summed E-state index contributed by atoms with van der Waals surface area (Å²) in [6.45, 7) is 5.83. The molecular formula is C25H24O4. The van der Waals surface area contributed by atoms with E-state index in [1.54, 1.807) is 48.5 Å². The lowest BCUT2D eigenvalue weighted by molar-refractivity contribution is 0.0680. The number of rotatable bonds is 6. The smallest absolute Gasteiger partial charge is 0.343 e. The molecule has 0 radical (unpaired) electrons. The molecule has 4 heteroatoms. The van der Waals surface area contributed by atoms with Gasteiger partial charge >= 0.3 is 11.9 Å². The van der Waals surface area contributed by atoms with Crippen LogP contribution in [-0.4, -0.2) is 11.9 Å². The van der Waals surface area contributed by atoms with Crippen LogP contribution in [0, 0.1) is 13.8 Å². The monoisotopic (exact) mass is 388 g/mol. The molecular weight excluding hydrogens is 364 g/mol. The molecule has 29 heavy (non-hydrogen) atoms. The molecule has 4 nitrogen and oxygen atoms in total. The van der Waals surface area contributed by atoms with Gasteiger partial charge in [-0.05, 0) is 61.2 Å². The minimum Gasteiger partial charge on any atom is -0.419 e. The van der Waals surface area contributed by atoms with Crippen LogP contribution in [0.4, 0.5) is 0 Å². The Kier molecular flexibility index (Phi) is 6.45. The fourth-order valence-electron chi connectivity index (χ4n) is 3.16. The lowest BCUT2D eigenvalue weighted by atomic mass is 9.99. The number of hydrogen-bond donors (Lipinski definition) is 0. The molecule has 0 atom stereocenters. The second kappa shape index (κ2) is 9.20. The Bertz CT molecular complexity index is 1010. The first-order valence-corrected chi connectivity index (χ1v) is 9.68. The summed E-state index contributed by atoms with van der Waals surface area (Å²) in [5.74, 6) is -0.404. The summed E-state index contributed by atoms with van der Waals surface area (Å²) in [6, 6.07) is 19.5. The van der Waals surface area contributed by atoms with Crippen molar-refractivity contribution in [3.05, 3.63) is 94.5 Å². The van der Waals surface area contributed by atoms with Crippen molar-refractivity contribution in [3.63, 3.8) is 0 Å². The molecule has 0 fully saturated rings. The van der Waals surface area contributed by atoms with Gasteiger partial charge in [0.1, 0.15) is 0 Å². The SMILES string of the molecule is CCCc1cc(C)c(OC(=O)c2ccccc2)c(OC(=O)c2ccccc2)c1C. The Morgan fingerprint density at radius 2 is 1.24 bits per heavy atom. The Morgan fingerprint density at radius 3 is 1.72 bits per heavy atom. The summed E-state index contributed by atoms with van der Waals surface area (Å²) < 4.78 is 11.4. The zero-order valence-corrected chi connectivity index (χ0v) is 16.9. The predicted octanol–water partition coefficient (Wildman–Crippen LogP) is 5.69. The van der Waals surface area contributed by atoms with Gasteiger partial charge in [0.25, 0.3) is 0 Å². The summed E-state index contributed by atoms with van der Waals surface area (Å²) in [4.78, 5) is 25.3. The zero-order valence-electron chi connectivity index (χ0n) is 16.9. The third kappa shape index (κ3) is 4.72. The van der Waals surface area contributed by atoms with Crippen LogP contribution in [0.2, 0.25) is 0 Å². The maximum Gasteiger partial charge on any atom is 0.343 e. The molecule has 0 aromatic heterocycles. The first-order valence-electron chi connectivity index (χ1n) is 9.68. The van der Waals surface area contributed by atoms with E-state index in [2.05, 4.69) is 6.92 Å². The largest absolute Gasteiger partial charge is 0.419 e. The fourth-order valence-corrected chi connectivity index (χ4v) is 3.16. The van der Waals surface area contributed by atoms with Crippen LogP contribution in [0.1, 0.15) is 50.8 Å². The van der Waals surface area contributed by atoms with Crippen LogP contribution in [-0.2, 0) is 6.42 Å². The van der Waals surface area contributed by atoms with Gasteiger partial charge in [0.2, 0.25) is 0 Å². The number of benzene rings is 3. The van der Waals surface area contributed by atoms with Gasteiger partial charge in [0, 0.05) is 0 Å². The summed E-state index contributed by atoms with van der Waals surface area (Å²) in [5.41, 5.74) is 3.49. The molecule has 0 N–H and O–H groups in total. The van der Waals surface area contributed by atoms with E-state index in [1.165, 1.54) is 0 Å². The van der Waals surface area contributed by atoms with Crippen LogP contribution < -0.4 is 9.47 Å². The topological polar surface area (TPSA) is 52.6 Å². The average molecular weight is 388 g/mol. The number of carbonyl (C=O) groups excluding carboxylic acids is 2. The average Bonchev–Trinajstić information content (AvgIpc) is 2.75. The second-order valence-electron chi connectivity index (χ2n) is 6.90. The minimum absolute atomic E-state index is 0.278. The lowest BCUT2D eigenvalue weighted by Crippen LogP contribution is -2.15. The lowest BCUT2D eigenvalue weighted by Gasteiger charge is -2.18. The van der Waals surface area contributed by atoms with E-state index in [0.717, 1.165) is 29.5 Å². The van der Waals surface area contributed by atoms with Crippen LogP contribution in [0.5, 0.6) is 11.5 Å². The van der Waals surface area contributed by atoms with E-state index in [4.69, 9.17) is 9.47 Å². The highest BCUT2D eigenvalue weighted by Gasteiger charge is 2.22. The van der Waals surface area contributed by atoms with Gasteiger partial charge in [-0.1, -0.05) is 55.8 Å². The highest BCUT2D eigenvalue weighted by atomic mass is 16.6. The summed E-state index contributed by atoms with van der Waals surface area (Å²) in [7, 11) is 0. The number of esters is 2. The van der Waals surface area contributed by atoms with Crippen molar-refractivity contribution in [2.45, 2.75) is 33.6 Å². The van der Waals surface area contributed by atoms with E-state index in [0.29, 0.717) is 16.9 Å². The molecule has 3 aromatic rings. The summed E-state index contributed by atoms with van der Waals surface area (Å²) in [6.07, 6.45) is 1.80. The van der Waals surface area contributed by atoms with E-state index >= 15 is 0 Å². The zero-order chi connectivity index (χ0) is 20.8. The van der Waals surface area contributed by atoms with Crippen LogP contribution in [0.25, 0.3) is 0 Å². The molecule has 0 heterocycles. The Balaban J connectivity index is 2.01. The van der Waals surface area contributed by atoms with E-state index < -0.39 is 11.9 Å². The summed E-state index contributed by atoms with van der Waals surface area (Å²) in [5, 5.41) is 0. The molecule has 0 aliphatic heterocycles. The molecule has 3 rings (SSSR count). The molecule has 0 unspecified atom stereocenters.